The van der Waals surface area contributed by atoms with Crippen molar-refractivity contribution in [3.63, 3.8) is 0 Å². The fourth-order valence-corrected chi connectivity index (χ4v) is 4.14. The number of esters is 1. The zero-order chi connectivity index (χ0) is 24.3. The first-order valence-electron chi connectivity index (χ1n) is 10.4. The molecule has 1 aromatic heterocycles. The van der Waals surface area contributed by atoms with Gasteiger partial charge in [0.1, 0.15) is 11.8 Å². The molecule has 3 rings (SSSR count). The quantitative estimate of drug-likeness (QED) is 0.386. The molecule has 0 saturated heterocycles. The molecule has 0 aliphatic carbocycles. The van der Waals surface area contributed by atoms with E-state index in [-0.39, 0.29) is 5.91 Å². The Kier molecular flexibility index (Phi) is 9.48. The number of hydrogen-bond donors (Lipinski definition) is 2. The number of carbonyl (C=O) groups excluding carboxylic acids is 3. The van der Waals surface area contributed by atoms with Crippen molar-refractivity contribution in [2.24, 2.45) is 0 Å². The molecule has 0 radical (unpaired) electrons. The van der Waals surface area contributed by atoms with Crippen LogP contribution in [0.2, 0.25) is 0 Å². The molecule has 8 nitrogen and oxygen atoms in total. The summed E-state index contributed by atoms with van der Waals surface area (Å²) in [4.78, 5) is 41.7. The van der Waals surface area contributed by atoms with Crippen LogP contribution >= 0.6 is 23.1 Å². The molecule has 2 amide bonds. The number of methoxy groups -OCH3 is 1. The monoisotopic (exact) mass is 499 g/mol. The van der Waals surface area contributed by atoms with Crippen molar-refractivity contribution in [3.8, 4) is 17.0 Å². The van der Waals surface area contributed by atoms with Crippen LogP contribution in [-0.2, 0) is 14.3 Å². The first-order chi connectivity index (χ1) is 16.5. The Labute approximate surface area is 206 Å². The number of thioether (sulfide) groups is 1. The molecular formula is C24H25N3O5S2. The second-order valence-corrected chi connectivity index (χ2v) is 8.94. The van der Waals surface area contributed by atoms with E-state index in [1.807, 2.05) is 35.9 Å². The van der Waals surface area contributed by atoms with Gasteiger partial charge in [0.15, 0.2) is 11.7 Å². The highest BCUT2D eigenvalue weighted by molar-refractivity contribution is 7.98. The third-order valence-electron chi connectivity index (χ3n) is 4.72. The van der Waals surface area contributed by atoms with Gasteiger partial charge >= 0.3 is 5.97 Å². The SMILES string of the molecule is COc1ccc(-c2csc(NC(=O)COC(=O)C(CCSC)NC(=O)c3ccccc3)n2)cc1. The van der Waals surface area contributed by atoms with E-state index in [9.17, 15) is 14.4 Å². The minimum Gasteiger partial charge on any atom is -0.497 e. The van der Waals surface area contributed by atoms with Crippen LogP contribution in [0, 0.1) is 0 Å². The number of amides is 2. The van der Waals surface area contributed by atoms with Crippen molar-refractivity contribution in [2.45, 2.75) is 12.5 Å². The summed E-state index contributed by atoms with van der Waals surface area (Å²) < 4.78 is 10.3. The Morgan fingerprint density at radius 1 is 1.09 bits per heavy atom. The van der Waals surface area contributed by atoms with Gasteiger partial charge in [0.25, 0.3) is 11.8 Å². The number of benzene rings is 2. The van der Waals surface area contributed by atoms with Crippen molar-refractivity contribution in [1.29, 1.82) is 0 Å². The predicted octanol–water partition coefficient (Wildman–Crippen LogP) is 3.85. The molecule has 2 aromatic carbocycles. The second-order valence-electron chi connectivity index (χ2n) is 7.10. The van der Waals surface area contributed by atoms with Gasteiger partial charge in [-0.15, -0.1) is 11.3 Å². The third-order valence-corrected chi connectivity index (χ3v) is 6.12. The Hall–Kier alpha value is -3.37. The van der Waals surface area contributed by atoms with Gasteiger partial charge < -0.3 is 14.8 Å². The van der Waals surface area contributed by atoms with Gasteiger partial charge in [0.05, 0.1) is 12.8 Å². The molecule has 0 spiro atoms. The van der Waals surface area contributed by atoms with Crippen molar-refractivity contribution in [3.05, 3.63) is 65.5 Å². The number of anilines is 1. The minimum atomic E-state index is -0.852. The minimum absolute atomic E-state index is 0.373. The summed E-state index contributed by atoms with van der Waals surface area (Å²) >= 11 is 2.81. The third kappa shape index (κ3) is 7.32. The molecule has 1 heterocycles. The lowest BCUT2D eigenvalue weighted by atomic mass is 10.1. The molecule has 0 aliphatic rings. The van der Waals surface area contributed by atoms with Crippen molar-refractivity contribution < 1.29 is 23.9 Å². The number of nitrogens with zero attached hydrogens (tertiary/aromatic N) is 1. The number of ether oxygens (including phenoxy) is 2. The van der Waals surface area contributed by atoms with Crippen molar-refractivity contribution >= 4 is 46.0 Å². The molecule has 0 aliphatic heterocycles. The zero-order valence-corrected chi connectivity index (χ0v) is 20.4. The van der Waals surface area contributed by atoms with Crippen LogP contribution in [0.4, 0.5) is 5.13 Å². The maximum Gasteiger partial charge on any atom is 0.329 e. The smallest absolute Gasteiger partial charge is 0.329 e. The normalized spacial score (nSPS) is 11.4. The van der Waals surface area contributed by atoms with E-state index in [0.29, 0.717) is 28.6 Å². The van der Waals surface area contributed by atoms with Gasteiger partial charge in [-0.1, -0.05) is 18.2 Å². The predicted molar refractivity (Wildman–Crippen MR) is 134 cm³/mol. The number of hydrogen-bond acceptors (Lipinski definition) is 8. The van der Waals surface area contributed by atoms with E-state index < -0.39 is 24.5 Å². The van der Waals surface area contributed by atoms with Gasteiger partial charge in [-0.05, 0) is 54.8 Å². The van der Waals surface area contributed by atoms with E-state index in [1.165, 1.54) is 11.3 Å². The van der Waals surface area contributed by atoms with E-state index in [2.05, 4.69) is 15.6 Å². The summed E-state index contributed by atoms with van der Waals surface area (Å²) in [6.45, 7) is -0.479. The van der Waals surface area contributed by atoms with Crippen LogP contribution in [0.5, 0.6) is 5.75 Å². The van der Waals surface area contributed by atoms with Crippen LogP contribution in [-0.4, -0.2) is 54.5 Å². The standard InChI is InChI=1S/C24H25N3O5S2/c1-31-18-10-8-16(9-11-18)20-15-34-24(26-20)27-21(28)14-32-23(30)19(12-13-33-2)25-22(29)17-6-4-3-5-7-17/h3-11,15,19H,12-14H2,1-2H3,(H,25,29)(H,26,27,28). The lowest BCUT2D eigenvalue weighted by molar-refractivity contribution is -0.149. The molecular weight excluding hydrogens is 474 g/mol. The lowest BCUT2D eigenvalue weighted by Crippen LogP contribution is -2.43. The number of carbonyl (C=O) groups is 3. The molecule has 0 saturated carbocycles. The number of rotatable bonds is 11. The number of aromatic nitrogens is 1. The Morgan fingerprint density at radius 3 is 2.50 bits per heavy atom. The summed E-state index contributed by atoms with van der Waals surface area (Å²) in [6.07, 6.45) is 2.29. The van der Waals surface area contributed by atoms with Gasteiger partial charge in [-0.25, -0.2) is 9.78 Å². The summed E-state index contributed by atoms with van der Waals surface area (Å²) in [6, 6.07) is 15.2. The largest absolute Gasteiger partial charge is 0.497 e. The van der Waals surface area contributed by atoms with E-state index in [0.717, 1.165) is 11.3 Å². The first-order valence-corrected chi connectivity index (χ1v) is 12.7. The fourth-order valence-electron chi connectivity index (χ4n) is 2.93. The maximum atomic E-state index is 12.6. The number of nitrogens with one attached hydrogen (secondary N) is 2. The topological polar surface area (TPSA) is 107 Å². The average molecular weight is 500 g/mol. The van der Waals surface area contributed by atoms with Crippen molar-refractivity contribution in [1.82, 2.24) is 10.3 Å². The maximum absolute atomic E-state index is 12.6. The average Bonchev–Trinajstić information content (AvgIpc) is 3.33. The molecule has 0 fully saturated rings. The van der Waals surface area contributed by atoms with Gasteiger partial charge in [0, 0.05) is 16.5 Å². The molecule has 1 atom stereocenters. The first kappa shape index (κ1) is 25.3. The molecule has 3 aromatic rings. The molecule has 34 heavy (non-hydrogen) atoms. The van der Waals surface area contributed by atoms with Crippen LogP contribution in [0.25, 0.3) is 11.3 Å². The molecule has 0 bridgehead atoms. The second kappa shape index (κ2) is 12.8. The highest BCUT2D eigenvalue weighted by Crippen LogP contribution is 2.26. The fraction of sp³-hybridized carbons (Fsp3) is 0.250. The van der Waals surface area contributed by atoms with E-state index in [4.69, 9.17) is 9.47 Å². The summed E-state index contributed by atoms with van der Waals surface area (Å²) in [5.74, 6) is -0.158. The zero-order valence-electron chi connectivity index (χ0n) is 18.8. The van der Waals surface area contributed by atoms with Crippen LogP contribution in [0.3, 0.4) is 0 Å². The lowest BCUT2D eigenvalue weighted by Gasteiger charge is -2.17. The molecule has 1 unspecified atom stereocenters. The van der Waals surface area contributed by atoms with Crippen LogP contribution in [0.15, 0.2) is 60.0 Å². The van der Waals surface area contributed by atoms with Crippen LogP contribution in [0.1, 0.15) is 16.8 Å². The van der Waals surface area contributed by atoms with Gasteiger partial charge in [-0.3, -0.25) is 14.9 Å². The summed E-state index contributed by atoms with van der Waals surface area (Å²) in [5, 5.41) is 7.54. The highest BCUT2D eigenvalue weighted by atomic mass is 32.2. The Balaban J connectivity index is 1.53. The number of thiazole rings is 1. The van der Waals surface area contributed by atoms with E-state index >= 15 is 0 Å². The summed E-state index contributed by atoms with van der Waals surface area (Å²) in [7, 11) is 1.60. The Bertz CT molecular complexity index is 1100. The summed E-state index contributed by atoms with van der Waals surface area (Å²) in [5.41, 5.74) is 2.04. The molecule has 10 heteroatoms. The van der Waals surface area contributed by atoms with Crippen LogP contribution < -0.4 is 15.4 Å². The van der Waals surface area contributed by atoms with Gasteiger partial charge in [-0.2, -0.15) is 11.8 Å². The van der Waals surface area contributed by atoms with E-state index in [1.54, 1.807) is 49.2 Å². The Morgan fingerprint density at radius 2 is 1.82 bits per heavy atom. The van der Waals surface area contributed by atoms with Gasteiger partial charge in [0.2, 0.25) is 0 Å². The molecule has 178 valence electrons. The highest BCUT2D eigenvalue weighted by Gasteiger charge is 2.23. The van der Waals surface area contributed by atoms with Crippen molar-refractivity contribution in [2.75, 3.05) is 31.0 Å². The molecule has 2 N–H and O–H groups in total.